The smallest absolute Gasteiger partial charge is 0.550 e. The van der Waals surface area contributed by atoms with Crippen LogP contribution in [-0.2, 0) is 14.4 Å². The summed E-state index contributed by atoms with van der Waals surface area (Å²) in [5.74, 6) is -3.39. The number of hydrogen-bond donors (Lipinski definition) is 0. The SMILES string of the molecule is O=C([O-])C1CC=CCC1.O=C([O-])C1CC=CCC1.O=C([O-])C1CC=CCC1.[Al+3]. The molecule has 0 heterocycles. The minimum absolute atomic E-state index is 0. The van der Waals surface area contributed by atoms with Gasteiger partial charge >= 0.3 is 17.4 Å². The molecule has 0 aliphatic heterocycles. The molecule has 0 spiro atoms. The maximum Gasteiger partial charge on any atom is 3.00 e. The van der Waals surface area contributed by atoms with Gasteiger partial charge in [0.2, 0.25) is 0 Å². The van der Waals surface area contributed by atoms with Crippen LogP contribution < -0.4 is 15.3 Å². The van der Waals surface area contributed by atoms with Gasteiger partial charge in [-0.15, -0.1) is 0 Å². The summed E-state index contributed by atoms with van der Waals surface area (Å²) in [6.45, 7) is 0. The fourth-order valence-electron chi connectivity index (χ4n) is 3.02. The Balaban J connectivity index is 0.000000384. The molecule has 150 valence electrons. The van der Waals surface area contributed by atoms with Crippen LogP contribution in [0.5, 0.6) is 0 Å². The quantitative estimate of drug-likeness (QED) is 0.480. The van der Waals surface area contributed by atoms with E-state index < -0.39 is 17.9 Å². The van der Waals surface area contributed by atoms with E-state index in [9.17, 15) is 29.7 Å². The van der Waals surface area contributed by atoms with E-state index in [1.165, 1.54) is 0 Å². The number of allylic oxidation sites excluding steroid dienone is 6. The number of hydrogen-bond acceptors (Lipinski definition) is 6. The summed E-state index contributed by atoms with van der Waals surface area (Å²) in [5, 5.41) is 30.6. The predicted octanol–water partition coefficient (Wildman–Crippen LogP) is -0.103. The van der Waals surface area contributed by atoms with Crippen LogP contribution in [0.3, 0.4) is 0 Å². The van der Waals surface area contributed by atoms with Crippen molar-refractivity contribution in [2.45, 2.75) is 57.8 Å². The first-order chi connectivity index (χ1) is 12.9. The van der Waals surface area contributed by atoms with Crippen molar-refractivity contribution in [3.05, 3.63) is 36.5 Å². The van der Waals surface area contributed by atoms with E-state index in [0.29, 0.717) is 19.3 Å². The van der Waals surface area contributed by atoms with Gasteiger partial charge in [-0.25, -0.2) is 0 Å². The van der Waals surface area contributed by atoms with Gasteiger partial charge in [0.1, 0.15) is 0 Å². The van der Waals surface area contributed by atoms with E-state index in [-0.39, 0.29) is 35.1 Å². The summed E-state index contributed by atoms with van der Waals surface area (Å²) in [6.07, 6.45) is 18.6. The average molecular weight is 402 g/mol. The third-order valence-electron chi connectivity index (χ3n) is 4.81. The maximum atomic E-state index is 10.2. The Bertz CT molecular complexity index is 501. The Labute approximate surface area is 177 Å². The number of carbonyl (C=O) groups is 3. The van der Waals surface area contributed by atoms with Crippen LogP contribution in [0.4, 0.5) is 0 Å². The summed E-state index contributed by atoms with van der Waals surface area (Å²) in [5.41, 5.74) is 0. The van der Waals surface area contributed by atoms with Crippen molar-refractivity contribution in [2.75, 3.05) is 0 Å². The minimum Gasteiger partial charge on any atom is -0.550 e. The summed E-state index contributed by atoms with van der Waals surface area (Å²) in [4.78, 5) is 30.6. The summed E-state index contributed by atoms with van der Waals surface area (Å²) in [7, 11) is 0. The molecule has 0 bridgehead atoms. The molecular weight excluding hydrogens is 375 g/mol. The second-order valence-electron chi connectivity index (χ2n) is 6.90. The topological polar surface area (TPSA) is 120 Å². The Morgan fingerprint density at radius 1 is 0.536 bits per heavy atom. The molecule has 0 aromatic rings. The molecule has 0 fully saturated rings. The molecule has 3 aliphatic carbocycles. The molecule has 3 rings (SSSR count). The van der Waals surface area contributed by atoms with Crippen molar-refractivity contribution in [3.63, 3.8) is 0 Å². The van der Waals surface area contributed by atoms with E-state index in [4.69, 9.17) is 0 Å². The molecule has 3 unspecified atom stereocenters. The van der Waals surface area contributed by atoms with Gasteiger partial charge in [0.15, 0.2) is 0 Å². The zero-order chi connectivity index (χ0) is 20.1. The van der Waals surface area contributed by atoms with Gasteiger partial charge < -0.3 is 29.7 Å². The van der Waals surface area contributed by atoms with Gasteiger partial charge in [0.05, 0.1) is 0 Å². The Morgan fingerprint density at radius 2 is 0.786 bits per heavy atom. The van der Waals surface area contributed by atoms with Crippen LogP contribution in [0.25, 0.3) is 0 Å². The first-order valence-electron chi connectivity index (χ1n) is 9.49. The molecule has 3 aliphatic rings. The monoisotopic (exact) mass is 402 g/mol. The van der Waals surface area contributed by atoms with Gasteiger partial charge in [-0.3, -0.25) is 0 Å². The number of carboxylic acid groups (broad SMARTS) is 3. The molecule has 0 aromatic carbocycles. The fourth-order valence-corrected chi connectivity index (χ4v) is 3.02. The molecular formula is C21H27AlO6. The first kappa shape index (κ1) is 26.2. The molecule has 0 saturated carbocycles. The Morgan fingerprint density at radius 3 is 0.893 bits per heavy atom. The summed E-state index contributed by atoms with van der Waals surface area (Å²) in [6, 6.07) is 0. The number of carboxylic acids is 3. The van der Waals surface area contributed by atoms with Crippen molar-refractivity contribution in [3.8, 4) is 0 Å². The molecule has 0 aromatic heterocycles. The second kappa shape index (κ2) is 15.1. The molecule has 0 saturated heterocycles. The van der Waals surface area contributed by atoms with Gasteiger partial charge in [-0.2, -0.15) is 0 Å². The summed E-state index contributed by atoms with van der Waals surface area (Å²) >= 11 is 0. The first-order valence-corrected chi connectivity index (χ1v) is 9.49. The molecule has 6 nitrogen and oxygen atoms in total. The van der Waals surface area contributed by atoms with Gasteiger partial charge in [0, 0.05) is 35.7 Å². The van der Waals surface area contributed by atoms with Crippen LogP contribution in [-0.4, -0.2) is 35.3 Å². The molecule has 7 heteroatoms. The van der Waals surface area contributed by atoms with E-state index >= 15 is 0 Å². The fraction of sp³-hybridized carbons (Fsp3) is 0.571. The van der Waals surface area contributed by atoms with E-state index in [1.807, 2.05) is 36.5 Å². The molecule has 0 N–H and O–H groups in total. The minimum atomic E-state index is -0.903. The molecule has 28 heavy (non-hydrogen) atoms. The van der Waals surface area contributed by atoms with Gasteiger partial charge in [-0.1, -0.05) is 36.5 Å². The van der Waals surface area contributed by atoms with Crippen LogP contribution in [0.2, 0.25) is 0 Å². The predicted molar refractivity (Wildman–Crippen MR) is 100 cm³/mol. The van der Waals surface area contributed by atoms with Crippen LogP contribution >= 0.6 is 0 Å². The van der Waals surface area contributed by atoms with Crippen molar-refractivity contribution in [1.29, 1.82) is 0 Å². The largest absolute Gasteiger partial charge is 3.00 e. The van der Waals surface area contributed by atoms with Crippen LogP contribution in [0.15, 0.2) is 36.5 Å². The zero-order valence-electron chi connectivity index (χ0n) is 16.1. The van der Waals surface area contributed by atoms with Crippen LogP contribution in [0, 0.1) is 17.8 Å². The number of carbonyl (C=O) groups excluding carboxylic acids is 3. The van der Waals surface area contributed by atoms with Crippen LogP contribution in [0.1, 0.15) is 57.8 Å². The van der Waals surface area contributed by atoms with Crippen molar-refractivity contribution in [1.82, 2.24) is 0 Å². The average Bonchev–Trinajstić information content (AvgIpc) is 2.71. The van der Waals surface area contributed by atoms with Crippen molar-refractivity contribution >= 4 is 35.3 Å². The number of aliphatic carboxylic acids is 3. The molecule has 0 amide bonds. The number of rotatable bonds is 3. The van der Waals surface area contributed by atoms with E-state index in [2.05, 4.69) is 0 Å². The van der Waals surface area contributed by atoms with Gasteiger partial charge in [0.25, 0.3) is 0 Å². The Kier molecular flexibility index (Phi) is 14.1. The Hall–Kier alpha value is -1.84. The summed E-state index contributed by atoms with van der Waals surface area (Å²) < 4.78 is 0. The van der Waals surface area contributed by atoms with Crippen molar-refractivity contribution < 1.29 is 29.7 Å². The van der Waals surface area contributed by atoms with E-state index in [0.717, 1.165) is 38.5 Å². The van der Waals surface area contributed by atoms with Crippen molar-refractivity contribution in [2.24, 2.45) is 17.8 Å². The standard InChI is InChI=1S/3C7H10O2.Al/c3*8-7(9)6-4-2-1-3-5-6;/h3*1-2,6H,3-5H2,(H,8,9);/q;;;+3/p-3. The second-order valence-corrected chi connectivity index (χ2v) is 6.90. The third-order valence-corrected chi connectivity index (χ3v) is 4.81. The maximum absolute atomic E-state index is 10.2. The van der Waals surface area contributed by atoms with E-state index in [1.54, 1.807) is 0 Å². The zero-order valence-corrected chi connectivity index (χ0v) is 17.2. The molecule has 0 radical (unpaired) electrons. The molecule has 3 atom stereocenters. The van der Waals surface area contributed by atoms with Gasteiger partial charge in [-0.05, 0) is 57.8 Å². The normalized spacial score (nSPS) is 25.1. The third kappa shape index (κ3) is 11.1.